The van der Waals surface area contributed by atoms with Crippen LogP contribution in [0.5, 0.6) is 0 Å². The van der Waals surface area contributed by atoms with Crippen LogP contribution < -0.4 is 0 Å². The number of benzene rings is 4. The Labute approximate surface area is 223 Å². The summed E-state index contributed by atoms with van der Waals surface area (Å²) in [7, 11) is 0. The first-order valence-corrected chi connectivity index (χ1v) is 12.5. The van der Waals surface area contributed by atoms with E-state index in [2.05, 4.69) is 20.6 Å². The fraction of sp³-hybridized carbons (Fsp3) is 0.0323. The number of carbonyl (C=O) groups excluding carboxylic acids is 2. The van der Waals surface area contributed by atoms with Gasteiger partial charge in [-0.25, -0.2) is 4.98 Å². The number of H-pyrrole nitrogens is 1. The second kappa shape index (κ2) is 9.11. The number of fused-ring (bicyclic) bond motifs is 2. The minimum atomic E-state index is -0.232. The number of aromatic amines is 1. The van der Waals surface area contributed by atoms with Crippen LogP contribution in [-0.4, -0.2) is 41.7 Å². The lowest BCUT2D eigenvalue weighted by Gasteiger charge is -2.17. The van der Waals surface area contributed by atoms with Crippen molar-refractivity contribution in [3.8, 4) is 33.9 Å². The number of imidazole rings is 1. The molecule has 0 spiro atoms. The van der Waals surface area contributed by atoms with E-state index >= 15 is 0 Å². The highest BCUT2D eigenvalue weighted by molar-refractivity contribution is 6.27. The van der Waals surface area contributed by atoms with Gasteiger partial charge in [0.2, 0.25) is 17.4 Å². The Morgan fingerprint density at radius 2 is 1.28 bits per heavy atom. The zero-order chi connectivity index (χ0) is 26.3. The third-order valence-electron chi connectivity index (χ3n) is 6.96. The van der Waals surface area contributed by atoms with Crippen LogP contribution in [0, 0.1) is 0 Å². The Balaban J connectivity index is 1.31. The van der Waals surface area contributed by atoms with Crippen molar-refractivity contribution in [2.45, 2.75) is 6.54 Å². The number of hydrogen-bond donors (Lipinski definition) is 1. The maximum Gasteiger partial charge on any atom is 0.214 e. The summed E-state index contributed by atoms with van der Waals surface area (Å²) in [6.07, 6.45) is 0. The minimum Gasteiger partial charge on any atom is -0.316 e. The highest BCUT2D eigenvalue weighted by atomic mass is 16.1. The number of nitrogens with zero attached hydrogens (tertiary/aromatic N) is 5. The maximum absolute atomic E-state index is 13.7. The average molecular weight is 509 g/mol. The second-order valence-electron chi connectivity index (χ2n) is 9.27. The van der Waals surface area contributed by atoms with Crippen molar-refractivity contribution in [3.05, 3.63) is 131 Å². The van der Waals surface area contributed by atoms with Gasteiger partial charge in [-0.1, -0.05) is 103 Å². The van der Waals surface area contributed by atoms with Crippen LogP contribution >= 0.6 is 0 Å². The summed E-state index contributed by atoms with van der Waals surface area (Å²) in [5, 5.41) is 14.5. The van der Waals surface area contributed by atoms with Crippen molar-refractivity contribution in [1.29, 1.82) is 0 Å². The van der Waals surface area contributed by atoms with Gasteiger partial charge in [-0.3, -0.25) is 9.59 Å². The van der Waals surface area contributed by atoms with Gasteiger partial charge < -0.3 is 4.57 Å². The Kier molecular flexibility index (Phi) is 5.30. The quantitative estimate of drug-likeness (QED) is 0.342. The van der Waals surface area contributed by atoms with Crippen LogP contribution in [0.3, 0.4) is 0 Å². The van der Waals surface area contributed by atoms with Crippen LogP contribution in [-0.2, 0) is 6.54 Å². The smallest absolute Gasteiger partial charge is 0.214 e. The molecule has 0 aliphatic heterocycles. The SMILES string of the molecule is O=C1c2ccccc2C(=O)c2c1nc(-c1ccccc1)n2Cc1ccc(-c2ccccc2-c2nn[nH]n2)cc1. The third kappa shape index (κ3) is 3.77. The normalized spacial score (nSPS) is 12.3. The van der Waals surface area contributed by atoms with E-state index in [0.717, 1.165) is 27.8 Å². The highest BCUT2D eigenvalue weighted by Crippen LogP contribution is 2.33. The number of aromatic nitrogens is 6. The Morgan fingerprint density at radius 3 is 1.97 bits per heavy atom. The van der Waals surface area contributed by atoms with Crippen molar-refractivity contribution in [1.82, 2.24) is 30.2 Å². The van der Waals surface area contributed by atoms with Crippen LogP contribution in [0.2, 0.25) is 0 Å². The van der Waals surface area contributed by atoms with Gasteiger partial charge in [0, 0.05) is 28.8 Å². The first-order valence-electron chi connectivity index (χ1n) is 12.5. The fourth-order valence-corrected chi connectivity index (χ4v) is 5.12. The lowest BCUT2D eigenvalue weighted by atomic mass is 9.90. The zero-order valence-electron chi connectivity index (χ0n) is 20.6. The van der Waals surface area contributed by atoms with E-state index in [0.29, 0.717) is 35.0 Å². The number of carbonyl (C=O) groups is 2. The van der Waals surface area contributed by atoms with Crippen LogP contribution in [0.25, 0.3) is 33.9 Å². The third-order valence-corrected chi connectivity index (χ3v) is 6.96. The van der Waals surface area contributed by atoms with Gasteiger partial charge in [0.05, 0.1) is 0 Å². The van der Waals surface area contributed by atoms with Crippen molar-refractivity contribution in [3.63, 3.8) is 0 Å². The van der Waals surface area contributed by atoms with Crippen molar-refractivity contribution < 1.29 is 9.59 Å². The molecule has 0 bridgehead atoms. The molecular weight excluding hydrogens is 488 g/mol. The molecule has 0 unspecified atom stereocenters. The molecule has 0 saturated heterocycles. The van der Waals surface area contributed by atoms with Gasteiger partial charge in [-0.2, -0.15) is 5.21 Å². The molecule has 2 aromatic heterocycles. The van der Waals surface area contributed by atoms with E-state index < -0.39 is 0 Å². The van der Waals surface area contributed by atoms with E-state index in [9.17, 15) is 9.59 Å². The van der Waals surface area contributed by atoms with E-state index in [4.69, 9.17) is 4.98 Å². The van der Waals surface area contributed by atoms with Gasteiger partial charge in [-0.15, -0.1) is 10.2 Å². The monoisotopic (exact) mass is 508 g/mol. The molecule has 2 heterocycles. The number of hydrogen-bond acceptors (Lipinski definition) is 6. The predicted octanol–water partition coefficient (Wildman–Crippen LogP) is 5.22. The molecule has 186 valence electrons. The molecule has 8 heteroatoms. The second-order valence-corrected chi connectivity index (χ2v) is 9.27. The lowest BCUT2D eigenvalue weighted by Crippen LogP contribution is -2.23. The summed E-state index contributed by atoms with van der Waals surface area (Å²) >= 11 is 0. The lowest BCUT2D eigenvalue weighted by molar-refractivity contribution is 0.0971. The molecule has 0 fully saturated rings. The number of rotatable bonds is 5. The molecule has 0 amide bonds. The van der Waals surface area contributed by atoms with Crippen molar-refractivity contribution in [2.75, 3.05) is 0 Å². The van der Waals surface area contributed by atoms with Gasteiger partial charge in [-0.05, 0) is 21.9 Å². The molecule has 6 aromatic rings. The summed E-state index contributed by atoms with van der Waals surface area (Å²) in [5.74, 6) is 0.683. The Hall–Kier alpha value is -5.50. The molecule has 1 aliphatic carbocycles. The molecular formula is C31H20N6O2. The van der Waals surface area contributed by atoms with Gasteiger partial charge in [0.25, 0.3) is 0 Å². The molecule has 0 saturated carbocycles. The zero-order valence-corrected chi connectivity index (χ0v) is 20.6. The average Bonchev–Trinajstić information content (AvgIpc) is 3.66. The van der Waals surface area contributed by atoms with Crippen LogP contribution in [0.4, 0.5) is 0 Å². The topological polar surface area (TPSA) is 106 Å². The number of nitrogens with one attached hydrogen (secondary N) is 1. The first-order chi connectivity index (χ1) is 19.2. The predicted molar refractivity (Wildman–Crippen MR) is 145 cm³/mol. The molecule has 8 nitrogen and oxygen atoms in total. The summed E-state index contributed by atoms with van der Waals surface area (Å²) in [5.41, 5.74) is 5.97. The Morgan fingerprint density at radius 1 is 0.641 bits per heavy atom. The largest absolute Gasteiger partial charge is 0.316 e. The van der Waals surface area contributed by atoms with Crippen LogP contribution in [0.15, 0.2) is 103 Å². The summed E-state index contributed by atoms with van der Waals surface area (Å²) in [6.45, 7) is 0.376. The molecule has 1 aliphatic rings. The van der Waals surface area contributed by atoms with E-state index in [1.54, 1.807) is 24.3 Å². The number of tetrazole rings is 1. The molecule has 1 N–H and O–H groups in total. The first kappa shape index (κ1) is 22.7. The van der Waals surface area contributed by atoms with E-state index in [1.807, 2.05) is 83.4 Å². The molecule has 0 radical (unpaired) electrons. The van der Waals surface area contributed by atoms with E-state index in [1.165, 1.54) is 0 Å². The molecule has 0 atom stereocenters. The standard InChI is InChI=1S/C31H20N6O2/c38-28-23-11-5-6-12-24(23)29(39)27-26(28)32-31(21-8-2-1-3-9-21)37(27)18-19-14-16-20(17-15-19)22-10-4-7-13-25(22)30-33-35-36-34-30/h1-17H,18H2,(H,33,34,35,36). The van der Waals surface area contributed by atoms with Gasteiger partial charge in [0.1, 0.15) is 17.2 Å². The van der Waals surface area contributed by atoms with Crippen molar-refractivity contribution >= 4 is 11.6 Å². The summed E-state index contributed by atoms with van der Waals surface area (Å²) in [4.78, 5) is 31.8. The minimum absolute atomic E-state index is 0.194. The summed E-state index contributed by atoms with van der Waals surface area (Å²) < 4.78 is 1.86. The van der Waals surface area contributed by atoms with Gasteiger partial charge >= 0.3 is 0 Å². The number of ketones is 2. The highest BCUT2D eigenvalue weighted by Gasteiger charge is 2.35. The van der Waals surface area contributed by atoms with E-state index in [-0.39, 0.29) is 17.3 Å². The fourth-order valence-electron chi connectivity index (χ4n) is 5.12. The molecule has 4 aromatic carbocycles. The Bertz CT molecular complexity index is 1860. The molecule has 39 heavy (non-hydrogen) atoms. The van der Waals surface area contributed by atoms with Crippen LogP contribution in [0.1, 0.15) is 37.7 Å². The summed E-state index contributed by atoms with van der Waals surface area (Å²) in [6, 6.07) is 32.5. The van der Waals surface area contributed by atoms with Gasteiger partial charge in [0.15, 0.2) is 0 Å². The molecule has 7 rings (SSSR count). The van der Waals surface area contributed by atoms with Crippen molar-refractivity contribution in [2.24, 2.45) is 0 Å². The maximum atomic E-state index is 13.7.